The number of rotatable bonds is 3. The van der Waals surface area contributed by atoms with Crippen LogP contribution in [0.15, 0.2) is 48.5 Å². The largest absolute Gasteiger partial charge is 0.486 e. The number of urea groups is 2. The van der Waals surface area contributed by atoms with Crippen LogP contribution in [-0.2, 0) is 11.3 Å². The van der Waals surface area contributed by atoms with E-state index in [4.69, 9.17) is 9.47 Å². The second-order valence-corrected chi connectivity index (χ2v) is 8.16. The molecule has 2 aromatic carbocycles. The lowest BCUT2D eigenvalue weighted by atomic mass is 9.87. The fraction of sp³-hybridized carbons (Fsp3) is 0.348. The summed E-state index contributed by atoms with van der Waals surface area (Å²) in [6, 6.07) is 14.0. The first-order valence-corrected chi connectivity index (χ1v) is 10.7. The summed E-state index contributed by atoms with van der Waals surface area (Å²) in [5.41, 5.74) is 0.558. The number of nitrogens with zero attached hydrogens (tertiary/aromatic N) is 2. The minimum atomic E-state index is -0.945. The molecule has 32 heavy (non-hydrogen) atoms. The summed E-state index contributed by atoms with van der Waals surface area (Å²) in [6.45, 7) is 1.94. The fourth-order valence-corrected chi connectivity index (χ4v) is 4.34. The normalized spacial score (nSPS) is 19.1. The number of likely N-dealkylation sites (tertiary alicyclic amines) is 1. The highest BCUT2D eigenvalue weighted by Crippen LogP contribution is 2.33. The quantitative estimate of drug-likeness (QED) is 0.721. The molecule has 0 saturated carbocycles. The molecule has 2 aromatic rings. The summed E-state index contributed by atoms with van der Waals surface area (Å²) in [4.78, 5) is 41.3. The number of ether oxygens (including phenoxy) is 2. The number of piperidine rings is 1. The number of amides is 5. The van der Waals surface area contributed by atoms with Crippen molar-refractivity contribution >= 4 is 23.7 Å². The van der Waals surface area contributed by atoms with Crippen molar-refractivity contribution in [3.63, 3.8) is 0 Å². The number of carbonyl (C=O) groups is 3. The first kappa shape index (κ1) is 20.2. The topological polar surface area (TPSA) is 100 Å². The third-order valence-electron chi connectivity index (χ3n) is 6.13. The summed E-state index contributed by atoms with van der Waals surface area (Å²) in [7, 11) is 0. The maximum absolute atomic E-state index is 13.1. The molecule has 2 N–H and O–H groups in total. The van der Waals surface area contributed by atoms with Gasteiger partial charge in [-0.2, -0.15) is 0 Å². The lowest BCUT2D eigenvalue weighted by Gasteiger charge is -2.37. The molecule has 5 amide bonds. The van der Waals surface area contributed by atoms with Gasteiger partial charge in [-0.1, -0.05) is 30.3 Å². The molecule has 0 unspecified atom stereocenters. The number of hydrogen-bond donors (Lipinski definition) is 2. The Morgan fingerprint density at radius 2 is 1.72 bits per heavy atom. The molecule has 3 heterocycles. The van der Waals surface area contributed by atoms with Crippen LogP contribution in [0.4, 0.5) is 15.3 Å². The van der Waals surface area contributed by atoms with Gasteiger partial charge < -0.3 is 25.0 Å². The van der Waals surface area contributed by atoms with E-state index in [-0.39, 0.29) is 24.5 Å². The number of hydrogen-bond acceptors (Lipinski definition) is 5. The molecule has 9 nitrogen and oxygen atoms in total. The number of anilines is 1. The van der Waals surface area contributed by atoms with E-state index in [1.165, 1.54) is 4.90 Å². The molecule has 2 saturated heterocycles. The Labute approximate surface area is 185 Å². The summed E-state index contributed by atoms with van der Waals surface area (Å²) in [5.74, 6) is 1.03. The van der Waals surface area contributed by atoms with Gasteiger partial charge in [0.25, 0.3) is 5.91 Å². The summed E-state index contributed by atoms with van der Waals surface area (Å²) in [6.07, 6.45) is 0.745. The van der Waals surface area contributed by atoms with Crippen LogP contribution >= 0.6 is 0 Å². The molecular weight excluding hydrogens is 412 g/mol. The number of imide groups is 1. The van der Waals surface area contributed by atoms with E-state index in [1.54, 1.807) is 23.1 Å². The van der Waals surface area contributed by atoms with Crippen molar-refractivity contribution < 1.29 is 23.9 Å². The average molecular weight is 436 g/mol. The van der Waals surface area contributed by atoms with Crippen LogP contribution in [0.25, 0.3) is 0 Å². The van der Waals surface area contributed by atoms with Gasteiger partial charge in [-0.25, -0.2) is 9.59 Å². The molecule has 9 heteroatoms. The molecule has 166 valence electrons. The van der Waals surface area contributed by atoms with Gasteiger partial charge in [-0.15, -0.1) is 0 Å². The summed E-state index contributed by atoms with van der Waals surface area (Å²) < 4.78 is 11.1. The van der Waals surface area contributed by atoms with Crippen LogP contribution in [0.5, 0.6) is 11.5 Å². The molecule has 3 aliphatic rings. The maximum Gasteiger partial charge on any atom is 0.325 e. The molecule has 0 aliphatic carbocycles. The zero-order valence-corrected chi connectivity index (χ0v) is 17.5. The molecule has 0 bridgehead atoms. The Morgan fingerprint density at radius 3 is 2.47 bits per heavy atom. The molecule has 1 spiro atoms. The summed E-state index contributed by atoms with van der Waals surface area (Å²) in [5, 5.41) is 5.75. The lowest BCUT2D eigenvalue weighted by molar-refractivity contribution is -0.133. The van der Waals surface area contributed by atoms with Crippen molar-refractivity contribution in [2.45, 2.75) is 24.9 Å². The Morgan fingerprint density at radius 1 is 1.00 bits per heavy atom. The second-order valence-electron chi connectivity index (χ2n) is 8.16. The fourth-order valence-electron chi connectivity index (χ4n) is 4.34. The standard InChI is InChI=1S/C23H24N4O5/c28-20-23(25-22(30)27(20)15-16-4-2-1-3-5-16)8-10-26(11-9-23)21(29)24-17-6-7-18-19(14-17)32-13-12-31-18/h1-7,14H,8-13,15H2,(H,24,29)(H,25,30). The smallest absolute Gasteiger partial charge is 0.325 e. The average Bonchev–Trinajstić information content (AvgIpc) is 3.04. The van der Waals surface area contributed by atoms with Gasteiger partial charge in [-0.3, -0.25) is 9.69 Å². The van der Waals surface area contributed by atoms with E-state index < -0.39 is 5.54 Å². The third kappa shape index (κ3) is 3.70. The molecule has 0 aromatic heterocycles. The van der Waals surface area contributed by atoms with E-state index in [2.05, 4.69) is 10.6 Å². The van der Waals surface area contributed by atoms with Crippen LogP contribution in [0.2, 0.25) is 0 Å². The number of fused-ring (bicyclic) bond motifs is 1. The van der Waals surface area contributed by atoms with Crippen LogP contribution in [0.1, 0.15) is 18.4 Å². The zero-order valence-electron chi connectivity index (χ0n) is 17.5. The van der Waals surface area contributed by atoms with Gasteiger partial charge in [0.15, 0.2) is 11.5 Å². The maximum atomic E-state index is 13.1. The predicted octanol–water partition coefficient (Wildman–Crippen LogP) is 2.58. The van der Waals surface area contributed by atoms with Crippen molar-refractivity contribution in [3.8, 4) is 11.5 Å². The van der Waals surface area contributed by atoms with Crippen LogP contribution in [0.3, 0.4) is 0 Å². The van der Waals surface area contributed by atoms with E-state index in [9.17, 15) is 14.4 Å². The van der Waals surface area contributed by atoms with Crippen molar-refractivity contribution in [3.05, 3.63) is 54.1 Å². The summed E-state index contributed by atoms with van der Waals surface area (Å²) >= 11 is 0. The highest BCUT2D eigenvalue weighted by atomic mass is 16.6. The van der Waals surface area contributed by atoms with E-state index >= 15 is 0 Å². The van der Waals surface area contributed by atoms with Crippen molar-refractivity contribution in [1.29, 1.82) is 0 Å². The van der Waals surface area contributed by atoms with Crippen LogP contribution in [0, 0.1) is 0 Å². The van der Waals surface area contributed by atoms with E-state index in [0.717, 1.165) is 5.56 Å². The molecule has 0 atom stereocenters. The third-order valence-corrected chi connectivity index (χ3v) is 6.13. The molecule has 3 aliphatic heterocycles. The van der Waals surface area contributed by atoms with Gasteiger partial charge >= 0.3 is 12.1 Å². The van der Waals surface area contributed by atoms with E-state index in [0.29, 0.717) is 56.3 Å². The van der Waals surface area contributed by atoms with Crippen molar-refractivity contribution in [2.24, 2.45) is 0 Å². The number of carbonyl (C=O) groups excluding carboxylic acids is 3. The Bertz CT molecular complexity index is 1050. The Hall–Kier alpha value is -3.75. The van der Waals surface area contributed by atoms with Gasteiger partial charge in [0.05, 0.1) is 6.54 Å². The minimum Gasteiger partial charge on any atom is -0.486 e. The molecule has 5 rings (SSSR count). The van der Waals surface area contributed by atoms with Crippen molar-refractivity contribution in [1.82, 2.24) is 15.1 Å². The van der Waals surface area contributed by atoms with Gasteiger partial charge in [0.1, 0.15) is 18.8 Å². The number of nitrogens with one attached hydrogen (secondary N) is 2. The predicted molar refractivity (Wildman–Crippen MR) is 116 cm³/mol. The molecule has 2 fully saturated rings. The highest BCUT2D eigenvalue weighted by Gasteiger charge is 2.52. The monoisotopic (exact) mass is 436 g/mol. The van der Waals surface area contributed by atoms with Gasteiger partial charge in [0.2, 0.25) is 0 Å². The van der Waals surface area contributed by atoms with Crippen molar-refractivity contribution in [2.75, 3.05) is 31.6 Å². The SMILES string of the molecule is O=C(Nc1ccc2c(c1)OCCO2)N1CCC2(CC1)NC(=O)N(Cc1ccccc1)C2=O. The Balaban J connectivity index is 1.20. The van der Waals surface area contributed by atoms with Crippen LogP contribution < -0.4 is 20.1 Å². The Kier molecular flexibility index (Phi) is 5.08. The minimum absolute atomic E-state index is 0.224. The second kappa shape index (κ2) is 8.07. The molecule has 0 radical (unpaired) electrons. The van der Waals surface area contributed by atoms with Crippen LogP contribution in [-0.4, -0.2) is 59.6 Å². The zero-order chi connectivity index (χ0) is 22.1. The first-order chi connectivity index (χ1) is 15.5. The van der Waals surface area contributed by atoms with E-state index in [1.807, 2.05) is 30.3 Å². The number of benzene rings is 2. The van der Waals surface area contributed by atoms with Gasteiger partial charge in [0, 0.05) is 24.8 Å². The lowest BCUT2D eigenvalue weighted by Crippen LogP contribution is -2.56. The van der Waals surface area contributed by atoms with Gasteiger partial charge in [-0.05, 0) is 30.5 Å². The first-order valence-electron chi connectivity index (χ1n) is 10.7. The highest BCUT2D eigenvalue weighted by molar-refractivity contribution is 6.07. The molecular formula is C23H24N4O5.